The fourth-order valence-electron chi connectivity index (χ4n) is 3.02. The molecule has 2 aliphatic rings. The lowest BCUT2D eigenvalue weighted by molar-refractivity contribution is -0.140. The topological polar surface area (TPSA) is 66.4 Å². The molecular weight excluding hydrogens is 230 g/mol. The third kappa shape index (κ3) is 3.24. The summed E-state index contributed by atoms with van der Waals surface area (Å²) >= 11 is 0. The van der Waals surface area contributed by atoms with Crippen molar-refractivity contribution in [2.24, 2.45) is 17.8 Å². The number of carbonyl (C=O) groups excluding carboxylic acids is 1. The quantitative estimate of drug-likeness (QED) is 0.755. The monoisotopic (exact) mass is 253 g/mol. The van der Waals surface area contributed by atoms with Gasteiger partial charge in [0.1, 0.15) is 0 Å². The van der Waals surface area contributed by atoms with E-state index in [9.17, 15) is 9.59 Å². The van der Waals surface area contributed by atoms with E-state index in [0.29, 0.717) is 12.3 Å². The third-order valence-corrected chi connectivity index (χ3v) is 4.42. The van der Waals surface area contributed by atoms with Gasteiger partial charge in [0.15, 0.2) is 0 Å². The van der Waals surface area contributed by atoms with Crippen molar-refractivity contribution in [3.63, 3.8) is 0 Å². The average Bonchev–Trinajstić information content (AvgIpc) is 3.13. The van der Waals surface area contributed by atoms with Gasteiger partial charge in [-0.2, -0.15) is 0 Å². The summed E-state index contributed by atoms with van der Waals surface area (Å²) in [6.07, 6.45) is 8.02. The minimum atomic E-state index is -0.836. The van der Waals surface area contributed by atoms with Crippen molar-refractivity contribution in [2.75, 3.05) is 0 Å². The highest BCUT2D eigenvalue weighted by Crippen LogP contribution is 2.39. The highest BCUT2D eigenvalue weighted by molar-refractivity contribution is 5.89. The van der Waals surface area contributed by atoms with Crippen LogP contribution < -0.4 is 5.32 Å². The first kappa shape index (κ1) is 13.4. The second-order valence-electron chi connectivity index (χ2n) is 5.84. The van der Waals surface area contributed by atoms with Crippen LogP contribution in [0.15, 0.2) is 0 Å². The van der Waals surface area contributed by atoms with E-state index in [1.807, 2.05) is 0 Å². The maximum atomic E-state index is 11.9. The maximum absolute atomic E-state index is 11.9. The van der Waals surface area contributed by atoms with E-state index >= 15 is 0 Å². The molecule has 0 unspecified atom stereocenters. The second kappa shape index (κ2) is 5.72. The fraction of sp³-hybridized carbons (Fsp3) is 0.857. The van der Waals surface area contributed by atoms with E-state index < -0.39 is 11.9 Å². The average molecular weight is 253 g/mol. The molecular formula is C14H23NO3. The molecule has 2 aliphatic carbocycles. The number of carboxylic acids is 1. The highest BCUT2D eigenvalue weighted by atomic mass is 16.4. The van der Waals surface area contributed by atoms with Gasteiger partial charge in [-0.05, 0) is 32.1 Å². The summed E-state index contributed by atoms with van der Waals surface area (Å²) in [5, 5.41) is 11.8. The molecule has 1 amide bonds. The number of carbonyl (C=O) groups is 2. The van der Waals surface area contributed by atoms with Gasteiger partial charge in [0, 0.05) is 6.04 Å². The smallest absolute Gasteiger partial charge is 0.307 e. The van der Waals surface area contributed by atoms with Crippen LogP contribution in [0.5, 0.6) is 0 Å². The van der Waals surface area contributed by atoms with Gasteiger partial charge in [0.25, 0.3) is 0 Å². The minimum absolute atomic E-state index is 0.0563. The van der Waals surface area contributed by atoms with Gasteiger partial charge >= 0.3 is 5.97 Å². The summed E-state index contributed by atoms with van der Waals surface area (Å²) in [4.78, 5) is 22.6. The summed E-state index contributed by atoms with van der Waals surface area (Å²) in [5.41, 5.74) is 0. The molecule has 0 spiro atoms. The first-order valence-corrected chi connectivity index (χ1v) is 7.12. The highest BCUT2D eigenvalue weighted by Gasteiger charge is 2.48. The number of hydrogen-bond acceptors (Lipinski definition) is 2. The Hall–Kier alpha value is -1.06. The number of nitrogens with one attached hydrogen (secondary N) is 1. The van der Waals surface area contributed by atoms with Gasteiger partial charge in [-0.3, -0.25) is 9.59 Å². The van der Waals surface area contributed by atoms with Crippen LogP contribution in [0, 0.1) is 17.8 Å². The zero-order valence-electron chi connectivity index (χ0n) is 11.0. The van der Waals surface area contributed by atoms with Gasteiger partial charge in [-0.1, -0.05) is 25.7 Å². The van der Waals surface area contributed by atoms with Crippen molar-refractivity contribution < 1.29 is 14.7 Å². The first-order valence-electron chi connectivity index (χ1n) is 7.12. The zero-order chi connectivity index (χ0) is 13.1. The van der Waals surface area contributed by atoms with Crippen LogP contribution in [0.4, 0.5) is 0 Å². The molecule has 0 aliphatic heterocycles. The molecule has 0 saturated heterocycles. The maximum Gasteiger partial charge on any atom is 0.307 e. The van der Waals surface area contributed by atoms with Crippen molar-refractivity contribution >= 4 is 11.9 Å². The van der Waals surface area contributed by atoms with Crippen LogP contribution in [0.2, 0.25) is 0 Å². The number of carboxylic acid groups (broad SMARTS) is 1. The van der Waals surface area contributed by atoms with Crippen LogP contribution in [-0.4, -0.2) is 23.0 Å². The van der Waals surface area contributed by atoms with Crippen LogP contribution in [0.25, 0.3) is 0 Å². The van der Waals surface area contributed by atoms with Crippen molar-refractivity contribution in [3.05, 3.63) is 0 Å². The fourth-order valence-corrected chi connectivity index (χ4v) is 3.02. The predicted molar refractivity (Wildman–Crippen MR) is 68.0 cm³/mol. The Balaban J connectivity index is 1.78. The molecule has 0 heterocycles. The molecule has 0 aromatic heterocycles. The lowest BCUT2D eigenvalue weighted by atomic mass is 9.93. The number of amides is 1. The van der Waals surface area contributed by atoms with Crippen molar-refractivity contribution in [1.82, 2.24) is 5.32 Å². The van der Waals surface area contributed by atoms with Gasteiger partial charge < -0.3 is 10.4 Å². The molecule has 0 radical (unpaired) electrons. The molecule has 2 rings (SSSR count). The Labute approximate surface area is 108 Å². The molecule has 2 fully saturated rings. The Morgan fingerprint density at radius 2 is 1.72 bits per heavy atom. The van der Waals surface area contributed by atoms with E-state index in [1.165, 1.54) is 38.5 Å². The van der Waals surface area contributed by atoms with Crippen LogP contribution in [0.1, 0.15) is 51.9 Å². The van der Waals surface area contributed by atoms with E-state index in [2.05, 4.69) is 12.2 Å². The molecule has 2 saturated carbocycles. The molecule has 102 valence electrons. The number of hydrogen-bond donors (Lipinski definition) is 2. The molecule has 4 heteroatoms. The van der Waals surface area contributed by atoms with Crippen LogP contribution in [-0.2, 0) is 9.59 Å². The molecule has 18 heavy (non-hydrogen) atoms. The van der Waals surface area contributed by atoms with Crippen molar-refractivity contribution in [2.45, 2.75) is 57.9 Å². The van der Waals surface area contributed by atoms with Crippen LogP contribution in [0.3, 0.4) is 0 Å². The SMILES string of the molecule is C[C@H](NC(=O)[C@@H]1C[C@@H]1C(=O)O)C1CCCCCC1. The summed E-state index contributed by atoms with van der Waals surface area (Å²) in [7, 11) is 0. The minimum Gasteiger partial charge on any atom is -0.481 e. The lowest BCUT2D eigenvalue weighted by Crippen LogP contribution is -2.39. The molecule has 0 aromatic carbocycles. The van der Waals surface area contributed by atoms with Crippen LogP contribution >= 0.6 is 0 Å². The molecule has 4 nitrogen and oxygen atoms in total. The summed E-state index contributed by atoms with van der Waals surface area (Å²) in [6.45, 7) is 2.06. The predicted octanol–water partition coefficient (Wildman–Crippen LogP) is 2.18. The van der Waals surface area contributed by atoms with E-state index in [-0.39, 0.29) is 17.9 Å². The summed E-state index contributed by atoms with van der Waals surface area (Å²) < 4.78 is 0. The largest absolute Gasteiger partial charge is 0.481 e. The number of aliphatic carboxylic acids is 1. The van der Waals surface area contributed by atoms with E-state index in [1.54, 1.807) is 0 Å². The van der Waals surface area contributed by atoms with Gasteiger partial charge in [0.05, 0.1) is 11.8 Å². The van der Waals surface area contributed by atoms with Crippen molar-refractivity contribution in [3.8, 4) is 0 Å². The molecule has 0 aromatic rings. The Kier molecular flexibility index (Phi) is 4.25. The van der Waals surface area contributed by atoms with E-state index in [0.717, 1.165) is 0 Å². The van der Waals surface area contributed by atoms with Gasteiger partial charge in [-0.15, -0.1) is 0 Å². The first-order chi connectivity index (χ1) is 8.59. The second-order valence-corrected chi connectivity index (χ2v) is 5.84. The standard InChI is InChI=1S/C14H23NO3/c1-9(10-6-4-2-3-5-7-10)15-13(16)11-8-12(11)14(17)18/h9-12H,2-8H2,1H3,(H,15,16)(H,17,18)/t9-,11+,12-/m0/s1. The Morgan fingerprint density at radius 3 is 2.22 bits per heavy atom. The third-order valence-electron chi connectivity index (χ3n) is 4.42. The molecule has 2 N–H and O–H groups in total. The number of rotatable bonds is 4. The van der Waals surface area contributed by atoms with Gasteiger partial charge in [0.2, 0.25) is 5.91 Å². The zero-order valence-corrected chi connectivity index (χ0v) is 11.0. The van der Waals surface area contributed by atoms with Crippen molar-refractivity contribution in [1.29, 1.82) is 0 Å². The summed E-state index contributed by atoms with van der Waals surface area (Å²) in [6, 6.07) is 0.186. The summed E-state index contributed by atoms with van der Waals surface area (Å²) in [5.74, 6) is -1.04. The lowest BCUT2D eigenvalue weighted by Gasteiger charge is -2.23. The normalized spacial score (nSPS) is 30.3. The van der Waals surface area contributed by atoms with Gasteiger partial charge in [-0.25, -0.2) is 0 Å². The Bertz CT molecular complexity index is 321. The molecule has 0 bridgehead atoms. The Morgan fingerprint density at radius 1 is 1.11 bits per heavy atom. The molecule has 3 atom stereocenters. The van der Waals surface area contributed by atoms with E-state index in [4.69, 9.17) is 5.11 Å².